The van der Waals surface area contributed by atoms with E-state index in [0.29, 0.717) is 0 Å². The molecule has 0 rings (SSSR count). The Morgan fingerprint density at radius 1 is 0.818 bits per heavy atom. The molecule has 22 heavy (non-hydrogen) atoms. The molecule has 0 aromatic rings. The monoisotopic (exact) mass is 359 g/mol. The van der Waals surface area contributed by atoms with Gasteiger partial charge in [0.15, 0.2) is 5.40 Å². The average Bonchev–Trinajstić information content (AvgIpc) is 2.36. The standard InChI is InChI=1S/C13H31NO6P2/c1-7-17-21(15,18-8-2)12(11-13(5,6)14)22(16,19-9-3)20-10-4/h12H,7-11,14H2,1-6H3. The van der Waals surface area contributed by atoms with E-state index in [9.17, 15) is 9.13 Å². The molecule has 9 heteroatoms. The summed E-state index contributed by atoms with van der Waals surface area (Å²) < 4.78 is 47.8. The maximum absolute atomic E-state index is 13.2. The highest BCUT2D eigenvalue weighted by Crippen LogP contribution is 2.72. The molecule has 0 aromatic heterocycles. The van der Waals surface area contributed by atoms with Crippen LogP contribution in [0.3, 0.4) is 0 Å². The Morgan fingerprint density at radius 2 is 1.09 bits per heavy atom. The van der Waals surface area contributed by atoms with Crippen LogP contribution in [0.4, 0.5) is 0 Å². The van der Waals surface area contributed by atoms with Gasteiger partial charge in [-0.1, -0.05) is 0 Å². The quantitative estimate of drug-likeness (QED) is 0.527. The zero-order chi connectivity index (χ0) is 17.4. The van der Waals surface area contributed by atoms with Gasteiger partial charge in [0.05, 0.1) is 26.4 Å². The van der Waals surface area contributed by atoms with Crippen molar-refractivity contribution < 1.29 is 27.2 Å². The zero-order valence-corrected chi connectivity index (χ0v) is 16.3. The third kappa shape index (κ3) is 6.79. The third-order valence-electron chi connectivity index (χ3n) is 2.67. The predicted octanol–water partition coefficient (Wildman–Crippen LogP) is 3.97. The number of rotatable bonds is 12. The first-order chi connectivity index (χ1) is 10.1. The Morgan fingerprint density at radius 3 is 1.27 bits per heavy atom. The first kappa shape index (κ1) is 22.3. The second kappa shape index (κ2) is 9.53. The highest BCUT2D eigenvalue weighted by atomic mass is 31.2. The molecule has 0 atom stereocenters. The molecule has 0 saturated carbocycles. The van der Waals surface area contributed by atoms with Crippen LogP contribution in [0.15, 0.2) is 0 Å². The van der Waals surface area contributed by atoms with Gasteiger partial charge in [0, 0.05) is 5.54 Å². The lowest BCUT2D eigenvalue weighted by molar-refractivity contribution is 0.190. The van der Waals surface area contributed by atoms with E-state index in [1.807, 2.05) is 0 Å². The normalized spacial score (nSPS) is 13.8. The first-order valence-corrected chi connectivity index (χ1v) is 10.9. The van der Waals surface area contributed by atoms with E-state index in [1.54, 1.807) is 41.5 Å². The van der Waals surface area contributed by atoms with Crippen molar-refractivity contribution in [3.8, 4) is 0 Å². The van der Waals surface area contributed by atoms with E-state index < -0.39 is 26.1 Å². The minimum absolute atomic E-state index is 0.127. The Labute approximate surface area is 134 Å². The van der Waals surface area contributed by atoms with E-state index in [0.717, 1.165) is 0 Å². The summed E-state index contributed by atoms with van der Waals surface area (Å²) in [5.74, 6) is 0. The molecule has 0 radical (unpaired) electrons. The summed E-state index contributed by atoms with van der Waals surface area (Å²) in [6.45, 7) is 11.0. The van der Waals surface area contributed by atoms with E-state index in [2.05, 4.69) is 0 Å². The average molecular weight is 359 g/mol. The fourth-order valence-corrected chi connectivity index (χ4v) is 7.86. The highest BCUT2D eigenvalue weighted by Gasteiger charge is 2.52. The number of nitrogens with two attached hydrogens (primary N) is 1. The van der Waals surface area contributed by atoms with Crippen LogP contribution in [0.5, 0.6) is 0 Å². The van der Waals surface area contributed by atoms with Crippen LogP contribution < -0.4 is 5.73 Å². The van der Waals surface area contributed by atoms with Gasteiger partial charge in [0.1, 0.15) is 0 Å². The molecule has 0 heterocycles. The fraction of sp³-hybridized carbons (Fsp3) is 1.00. The summed E-state index contributed by atoms with van der Waals surface area (Å²) in [6, 6.07) is 0. The molecular weight excluding hydrogens is 328 g/mol. The van der Waals surface area contributed by atoms with Crippen molar-refractivity contribution in [3.63, 3.8) is 0 Å². The lowest BCUT2D eigenvalue weighted by atomic mass is 10.0. The van der Waals surface area contributed by atoms with Crippen LogP contribution in [0, 0.1) is 0 Å². The lowest BCUT2D eigenvalue weighted by Gasteiger charge is -2.34. The van der Waals surface area contributed by atoms with Gasteiger partial charge < -0.3 is 23.8 Å². The maximum Gasteiger partial charge on any atom is 0.345 e. The molecule has 2 N–H and O–H groups in total. The minimum Gasteiger partial charge on any atom is -0.326 e. The zero-order valence-electron chi connectivity index (χ0n) is 14.5. The number of hydrogen-bond acceptors (Lipinski definition) is 7. The van der Waals surface area contributed by atoms with Gasteiger partial charge in [-0.2, -0.15) is 0 Å². The molecule has 0 aromatic carbocycles. The summed E-state index contributed by atoms with van der Waals surface area (Å²) in [5.41, 5.74) is 5.31. The molecule has 0 saturated heterocycles. The Hall–Kier alpha value is 0.260. The van der Waals surface area contributed by atoms with Crippen LogP contribution in [0.25, 0.3) is 0 Å². The van der Waals surface area contributed by atoms with Gasteiger partial charge >= 0.3 is 15.2 Å². The molecule has 7 nitrogen and oxygen atoms in total. The molecule has 0 bridgehead atoms. The van der Waals surface area contributed by atoms with Crippen molar-refractivity contribution >= 4 is 15.2 Å². The van der Waals surface area contributed by atoms with E-state index in [-0.39, 0.29) is 32.8 Å². The van der Waals surface area contributed by atoms with Crippen molar-refractivity contribution in [2.75, 3.05) is 26.4 Å². The summed E-state index contributed by atoms with van der Waals surface area (Å²) in [4.78, 5) is 0. The van der Waals surface area contributed by atoms with Gasteiger partial charge in [0.25, 0.3) is 0 Å². The van der Waals surface area contributed by atoms with Crippen LogP contribution in [-0.2, 0) is 27.2 Å². The largest absolute Gasteiger partial charge is 0.345 e. The first-order valence-electron chi connectivity index (χ1n) is 7.65. The summed E-state index contributed by atoms with van der Waals surface area (Å²) >= 11 is 0. The van der Waals surface area contributed by atoms with Crippen molar-refractivity contribution in [2.45, 2.75) is 58.9 Å². The van der Waals surface area contributed by atoms with E-state index in [4.69, 9.17) is 23.8 Å². The molecule has 0 aliphatic heterocycles. The highest BCUT2D eigenvalue weighted by molar-refractivity contribution is 7.72. The van der Waals surface area contributed by atoms with Gasteiger partial charge in [-0.05, 0) is 48.0 Å². The van der Waals surface area contributed by atoms with Gasteiger partial charge in [-0.3, -0.25) is 9.13 Å². The molecule has 0 aliphatic carbocycles. The molecule has 0 unspecified atom stereocenters. The lowest BCUT2D eigenvalue weighted by Crippen LogP contribution is -2.37. The molecule has 134 valence electrons. The van der Waals surface area contributed by atoms with Crippen molar-refractivity contribution in [1.29, 1.82) is 0 Å². The molecule has 0 spiro atoms. The number of hydrogen-bond donors (Lipinski definition) is 1. The topological polar surface area (TPSA) is 97.1 Å². The van der Waals surface area contributed by atoms with Crippen LogP contribution in [0.1, 0.15) is 48.0 Å². The van der Waals surface area contributed by atoms with Crippen LogP contribution in [0.2, 0.25) is 0 Å². The predicted molar refractivity (Wildman–Crippen MR) is 88.4 cm³/mol. The summed E-state index contributed by atoms with van der Waals surface area (Å²) in [6.07, 6.45) is 0.127. The molecule has 0 fully saturated rings. The second-order valence-electron chi connectivity index (χ2n) is 5.42. The van der Waals surface area contributed by atoms with Crippen molar-refractivity contribution in [1.82, 2.24) is 0 Å². The van der Waals surface area contributed by atoms with Crippen molar-refractivity contribution in [2.24, 2.45) is 5.73 Å². The Balaban J connectivity index is 5.86. The Kier molecular flexibility index (Phi) is 9.64. The van der Waals surface area contributed by atoms with Gasteiger partial charge in [0.2, 0.25) is 0 Å². The second-order valence-corrected chi connectivity index (χ2v) is 10.3. The van der Waals surface area contributed by atoms with Gasteiger partial charge in [-0.15, -0.1) is 0 Å². The fourth-order valence-electron chi connectivity index (χ4n) is 2.01. The van der Waals surface area contributed by atoms with E-state index >= 15 is 0 Å². The van der Waals surface area contributed by atoms with Crippen molar-refractivity contribution in [3.05, 3.63) is 0 Å². The van der Waals surface area contributed by atoms with E-state index in [1.165, 1.54) is 0 Å². The molecular formula is C13H31NO6P2. The minimum atomic E-state index is -3.70. The van der Waals surface area contributed by atoms with Crippen LogP contribution in [-0.4, -0.2) is 37.4 Å². The van der Waals surface area contributed by atoms with Gasteiger partial charge in [-0.25, -0.2) is 0 Å². The summed E-state index contributed by atoms with van der Waals surface area (Å²) in [5, 5.41) is -1.06. The molecule has 0 amide bonds. The molecule has 0 aliphatic rings. The third-order valence-corrected chi connectivity index (χ3v) is 8.67. The maximum atomic E-state index is 13.2. The Bertz CT molecular complexity index is 360. The summed E-state index contributed by atoms with van der Waals surface area (Å²) in [7, 11) is -7.40. The smallest absolute Gasteiger partial charge is 0.326 e. The van der Waals surface area contributed by atoms with Crippen LogP contribution >= 0.6 is 15.2 Å². The SMILES string of the molecule is CCOP(=O)(OCC)C(CC(C)(C)N)P(=O)(OCC)OCC.